The molecular weight excluding hydrogens is 340 g/mol. The van der Waals surface area contributed by atoms with Crippen molar-refractivity contribution in [3.8, 4) is 0 Å². The van der Waals surface area contributed by atoms with Crippen molar-refractivity contribution in [3.05, 3.63) is 71.3 Å². The highest BCUT2D eigenvalue weighted by molar-refractivity contribution is 5.92. The normalized spacial score (nSPS) is 13.0. The minimum Gasteiger partial charge on any atom is -0.366 e. The van der Waals surface area contributed by atoms with Crippen LogP contribution in [0.5, 0.6) is 0 Å². The first-order chi connectivity index (χ1) is 12.9. The summed E-state index contributed by atoms with van der Waals surface area (Å²) in [7, 11) is 3.96. The number of nitrogens with zero attached hydrogens (tertiary/aromatic N) is 1. The molecule has 0 aliphatic heterocycles. The van der Waals surface area contributed by atoms with Gasteiger partial charge in [-0.25, -0.2) is 4.79 Å². The Morgan fingerprint density at radius 1 is 1.04 bits per heavy atom. The van der Waals surface area contributed by atoms with Gasteiger partial charge in [0.15, 0.2) is 0 Å². The number of benzene rings is 2. The zero-order valence-electron chi connectivity index (χ0n) is 16.1. The van der Waals surface area contributed by atoms with Crippen LogP contribution < -0.4 is 16.4 Å². The molecule has 0 saturated carbocycles. The van der Waals surface area contributed by atoms with Crippen molar-refractivity contribution in [2.24, 2.45) is 5.73 Å². The Balaban J connectivity index is 1.88. The fourth-order valence-electron chi connectivity index (χ4n) is 2.80. The van der Waals surface area contributed by atoms with E-state index in [4.69, 9.17) is 5.73 Å². The van der Waals surface area contributed by atoms with Crippen LogP contribution in [0.15, 0.2) is 54.6 Å². The summed E-state index contributed by atoms with van der Waals surface area (Å²) in [5, 5.41) is 5.90. The van der Waals surface area contributed by atoms with Gasteiger partial charge < -0.3 is 21.3 Å². The minimum absolute atomic E-state index is 0.0645. The summed E-state index contributed by atoms with van der Waals surface area (Å²) < 4.78 is 0. The summed E-state index contributed by atoms with van der Waals surface area (Å²) in [6.07, 6.45) is 0.751. The lowest BCUT2D eigenvalue weighted by atomic mass is 10.0. The molecular formula is C21H28N4O2. The fourth-order valence-corrected chi connectivity index (χ4v) is 2.80. The van der Waals surface area contributed by atoms with E-state index in [1.54, 1.807) is 12.1 Å². The Bertz CT molecular complexity index is 745. The van der Waals surface area contributed by atoms with Crippen LogP contribution in [-0.2, 0) is 6.42 Å². The molecule has 0 spiro atoms. The van der Waals surface area contributed by atoms with Gasteiger partial charge in [-0.1, -0.05) is 42.5 Å². The molecule has 4 N–H and O–H groups in total. The summed E-state index contributed by atoms with van der Waals surface area (Å²) in [4.78, 5) is 25.5. The third kappa shape index (κ3) is 6.42. The molecule has 3 amide bonds. The largest absolute Gasteiger partial charge is 0.366 e. The maximum Gasteiger partial charge on any atom is 0.315 e. The third-order valence-electron chi connectivity index (χ3n) is 4.59. The Morgan fingerprint density at radius 2 is 1.67 bits per heavy atom. The molecule has 0 aliphatic rings. The zero-order chi connectivity index (χ0) is 19.8. The lowest BCUT2D eigenvalue weighted by Gasteiger charge is -2.25. The molecule has 0 saturated heterocycles. The third-order valence-corrected chi connectivity index (χ3v) is 4.59. The molecule has 2 rings (SSSR count). The van der Waals surface area contributed by atoms with Crippen LogP contribution in [0, 0.1) is 0 Å². The van der Waals surface area contributed by atoms with Crippen LogP contribution >= 0.6 is 0 Å². The zero-order valence-corrected chi connectivity index (χ0v) is 16.1. The van der Waals surface area contributed by atoms with Crippen molar-refractivity contribution < 1.29 is 9.59 Å². The van der Waals surface area contributed by atoms with E-state index < -0.39 is 5.91 Å². The second kappa shape index (κ2) is 9.73. The Hall–Kier alpha value is -2.86. The summed E-state index contributed by atoms with van der Waals surface area (Å²) >= 11 is 0. The molecule has 144 valence electrons. The minimum atomic E-state index is -0.434. The molecule has 0 bridgehead atoms. The predicted molar refractivity (Wildman–Crippen MR) is 108 cm³/mol. The molecule has 0 radical (unpaired) electrons. The highest BCUT2D eigenvalue weighted by atomic mass is 16.2. The van der Waals surface area contributed by atoms with Gasteiger partial charge in [0.2, 0.25) is 5.91 Å². The quantitative estimate of drug-likeness (QED) is 0.668. The van der Waals surface area contributed by atoms with Crippen LogP contribution in [0.25, 0.3) is 0 Å². The Kier molecular flexibility index (Phi) is 7.37. The Morgan fingerprint density at radius 3 is 2.22 bits per heavy atom. The first-order valence-electron chi connectivity index (χ1n) is 9.01. The van der Waals surface area contributed by atoms with Gasteiger partial charge in [0.05, 0.1) is 6.04 Å². The number of likely N-dealkylation sites (N-methyl/N-ethyl adjacent to an activating group) is 1. The molecule has 0 aromatic heterocycles. The molecule has 2 aromatic rings. The first-order valence-corrected chi connectivity index (χ1v) is 9.01. The van der Waals surface area contributed by atoms with Crippen molar-refractivity contribution in [1.82, 2.24) is 15.5 Å². The van der Waals surface area contributed by atoms with E-state index in [1.165, 1.54) is 0 Å². The number of amides is 3. The number of urea groups is 1. The van der Waals surface area contributed by atoms with Crippen LogP contribution in [-0.4, -0.2) is 43.5 Å². The number of primary amides is 1. The van der Waals surface area contributed by atoms with Crippen molar-refractivity contribution in [2.75, 3.05) is 20.6 Å². The van der Waals surface area contributed by atoms with Gasteiger partial charge in [-0.05, 0) is 50.7 Å². The molecule has 2 aromatic carbocycles. The van der Waals surface area contributed by atoms with Gasteiger partial charge in [-0.3, -0.25) is 4.79 Å². The second-order valence-corrected chi connectivity index (χ2v) is 6.87. The maximum atomic E-state index is 12.2. The van der Waals surface area contributed by atoms with E-state index in [9.17, 15) is 9.59 Å². The number of carbonyl (C=O) groups excluding carboxylic acids is 2. The van der Waals surface area contributed by atoms with E-state index in [2.05, 4.69) is 15.5 Å². The van der Waals surface area contributed by atoms with Crippen molar-refractivity contribution >= 4 is 11.9 Å². The molecule has 6 heteroatoms. The summed E-state index contributed by atoms with van der Waals surface area (Å²) in [6.45, 7) is 2.47. The molecule has 0 aliphatic carbocycles. The SMILES string of the molecule is C[C@H](NC(=O)NCC(Cc1ccc(C(N)=O)cc1)N(C)C)c1ccccc1. The molecule has 6 nitrogen and oxygen atoms in total. The fraction of sp³-hybridized carbons (Fsp3) is 0.333. The van der Waals surface area contributed by atoms with Gasteiger partial charge >= 0.3 is 6.03 Å². The van der Waals surface area contributed by atoms with Gasteiger partial charge in [-0.15, -0.1) is 0 Å². The molecule has 2 atom stereocenters. The van der Waals surface area contributed by atoms with Crippen molar-refractivity contribution in [3.63, 3.8) is 0 Å². The van der Waals surface area contributed by atoms with Gasteiger partial charge in [0.1, 0.15) is 0 Å². The average Bonchev–Trinajstić information content (AvgIpc) is 2.65. The smallest absolute Gasteiger partial charge is 0.315 e. The number of carbonyl (C=O) groups is 2. The van der Waals surface area contributed by atoms with Crippen molar-refractivity contribution in [1.29, 1.82) is 0 Å². The van der Waals surface area contributed by atoms with Crippen LogP contribution in [0.4, 0.5) is 4.79 Å². The topological polar surface area (TPSA) is 87.5 Å². The average molecular weight is 368 g/mol. The van der Waals surface area contributed by atoms with E-state index in [0.717, 1.165) is 17.5 Å². The summed E-state index contributed by atoms with van der Waals surface area (Å²) in [6, 6.07) is 17.0. The molecule has 1 unspecified atom stereocenters. The number of hydrogen-bond acceptors (Lipinski definition) is 3. The lowest BCUT2D eigenvalue weighted by Crippen LogP contribution is -2.45. The summed E-state index contributed by atoms with van der Waals surface area (Å²) in [5.41, 5.74) is 7.91. The summed E-state index contributed by atoms with van der Waals surface area (Å²) in [5.74, 6) is -0.434. The number of nitrogens with one attached hydrogen (secondary N) is 2. The van der Waals surface area contributed by atoms with Gasteiger partial charge in [0.25, 0.3) is 0 Å². The lowest BCUT2D eigenvalue weighted by molar-refractivity contribution is 0.1000. The van der Waals surface area contributed by atoms with Crippen LogP contribution in [0.3, 0.4) is 0 Å². The molecule has 0 heterocycles. The standard InChI is InChI=1S/C21H28N4O2/c1-15(17-7-5-4-6-8-17)24-21(27)23-14-19(25(2)3)13-16-9-11-18(12-10-16)20(22)26/h4-12,15,19H,13-14H2,1-3H3,(H2,22,26)(H2,23,24,27)/t15-,19?/m0/s1. The Labute approximate surface area is 160 Å². The van der Waals surface area contributed by atoms with Crippen molar-refractivity contribution in [2.45, 2.75) is 25.4 Å². The first kappa shape index (κ1) is 20.5. The highest BCUT2D eigenvalue weighted by Crippen LogP contribution is 2.11. The maximum absolute atomic E-state index is 12.2. The highest BCUT2D eigenvalue weighted by Gasteiger charge is 2.15. The van der Waals surface area contributed by atoms with E-state index in [0.29, 0.717) is 12.1 Å². The van der Waals surface area contributed by atoms with Gasteiger partial charge in [0, 0.05) is 18.2 Å². The van der Waals surface area contributed by atoms with E-state index in [1.807, 2.05) is 63.5 Å². The number of rotatable bonds is 8. The molecule has 0 fully saturated rings. The number of nitrogens with two attached hydrogens (primary N) is 1. The second-order valence-electron chi connectivity index (χ2n) is 6.87. The predicted octanol–water partition coefficient (Wildman–Crippen LogP) is 2.32. The van der Waals surface area contributed by atoms with Crippen LogP contribution in [0.2, 0.25) is 0 Å². The monoisotopic (exact) mass is 368 g/mol. The van der Waals surface area contributed by atoms with E-state index >= 15 is 0 Å². The van der Waals surface area contributed by atoms with Crippen LogP contribution in [0.1, 0.15) is 34.5 Å². The van der Waals surface area contributed by atoms with E-state index in [-0.39, 0.29) is 18.1 Å². The van der Waals surface area contributed by atoms with Gasteiger partial charge in [-0.2, -0.15) is 0 Å². The number of hydrogen-bond donors (Lipinski definition) is 3. The molecule has 27 heavy (non-hydrogen) atoms.